The summed E-state index contributed by atoms with van der Waals surface area (Å²) in [5.41, 5.74) is 5.77. The second-order valence-electron chi connectivity index (χ2n) is 7.15. The standard InChI is InChI=1S/C26H24N2O3/c1-17-23(26(29)28-20-7-5-4-6-8-20)24(18-9-13-21(30-2)14-10-18)25(27-17)19-11-15-22(31-3)16-12-19/h4-16,27H,1-3H3,(H,28,29). The van der Waals surface area contributed by atoms with Crippen molar-refractivity contribution in [3.05, 3.63) is 90.1 Å². The van der Waals surface area contributed by atoms with Gasteiger partial charge in [-0.3, -0.25) is 4.79 Å². The number of methoxy groups -OCH3 is 2. The number of aryl methyl sites for hydroxylation is 1. The quantitative estimate of drug-likeness (QED) is 0.413. The average Bonchev–Trinajstić information content (AvgIpc) is 3.17. The maximum absolute atomic E-state index is 13.3. The Kier molecular flexibility index (Phi) is 5.76. The largest absolute Gasteiger partial charge is 0.497 e. The van der Waals surface area contributed by atoms with Crippen LogP contribution in [-0.4, -0.2) is 25.1 Å². The molecule has 0 spiro atoms. The van der Waals surface area contributed by atoms with Crippen LogP contribution in [0.25, 0.3) is 22.4 Å². The van der Waals surface area contributed by atoms with Gasteiger partial charge < -0.3 is 19.8 Å². The molecule has 0 radical (unpaired) electrons. The normalized spacial score (nSPS) is 10.5. The fourth-order valence-corrected chi connectivity index (χ4v) is 3.64. The van der Waals surface area contributed by atoms with Crippen molar-refractivity contribution < 1.29 is 14.3 Å². The molecule has 1 amide bonds. The van der Waals surface area contributed by atoms with E-state index in [1.807, 2.05) is 85.8 Å². The predicted octanol–water partition coefficient (Wildman–Crippen LogP) is 5.93. The van der Waals surface area contributed by atoms with E-state index in [1.54, 1.807) is 14.2 Å². The van der Waals surface area contributed by atoms with Gasteiger partial charge >= 0.3 is 0 Å². The summed E-state index contributed by atoms with van der Waals surface area (Å²) in [5, 5.41) is 3.01. The van der Waals surface area contributed by atoms with Gasteiger partial charge in [0.25, 0.3) is 5.91 Å². The van der Waals surface area contributed by atoms with Crippen molar-refractivity contribution in [1.82, 2.24) is 4.98 Å². The van der Waals surface area contributed by atoms with Gasteiger partial charge in [0.05, 0.1) is 25.5 Å². The van der Waals surface area contributed by atoms with Crippen LogP contribution in [0.15, 0.2) is 78.9 Å². The highest BCUT2D eigenvalue weighted by Crippen LogP contribution is 2.38. The topological polar surface area (TPSA) is 63.4 Å². The molecular weight excluding hydrogens is 388 g/mol. The van der Waals surface area contributed by atoms with Gasteiger partial charge in [-0.1, -0.05) is 30.3 Å². The summed E-state index contributed by atoms with van der Waals surface area (Å²) in [4.78, 5) is 16.7. The number of carbonyl (C=O) groups excluding carboxylic acids is 1. The zero-order chi connectivity index (χ0) is 21.8. The van der Waals surface area contributed by atoms with Crippen molar-refractivity contribution in [2.45, 2.75) is 6.92 Å². The fraction of sp³-hybridized carbons (Fsp3) is 0.115. The Morgan fingerprint density at radius 1 is 0.774 bits per heavy atom. The van der Waals surface area contributed by atoms with Gasteiger partial charge in [-0.25, -0.2) is 0 Å². The molecule has 0 aliphatic rings. The molecule has 31 heavy (non-hydrogen) atoms. The summed E-state index contributed by atoms with van der Waals surface area (Å²) in [6, 6.07) is 25.0. The van der Waals surface area contributed by atoms with Gasteiger partial charge in [-0.05, 0) is 66.6 Å². The minimum atomic E-state index is -0.162. The maximum atomic E-state index is 13.3. The lowest BCUT2D eigenvalue weighted by Crippen LogP contribution is -2.13. The molecule has 0 saturated carbocycles. The molecule has 0 unspecified atom stereocenters. The second-order valence-corrected chi connectivity index (χ2v) is 7.15. The molecule has 156 valence electrons. The lowest BCUT2D eigenvalue weighted by molar-refractivity contribution is 0.102. The fourth-order valence-electron chi connectivity index (χ4n) is 3.64. The van der Waals surface area contributed by atoms with Crippen LogP contribution >= 0.6 is 0 Å². The predicted molar refractivity (Wildman–Crippen MR) is 124 cm³/mol. The first kappa shape index (κ1) is 20.3. The number of hydrogen-bond acceptors (Lipinski definition) is 3. The molecule has 4 aromatic rings. The average molecular weight is 412 g/mol. The Morgan fingerprint density at radius 2 is 1.32 bits per heavy atom. The van der Waals surface area contributed by atoms with E-state index < -0.39 is 0 Å². The third kappa shape index (κ3) is 4.16. The van der Waals surface area contributed by atoms with Crippen LogP contribution in [0.1, 0.15) is 16.1 Å². The molecule has 2 N–H and O–H groups in total. The van der Waals surface area contributed by atoms with Gasteiger partial charge in [0.15, 0.2) is 0 Å². The van der Waals surface area contributed by atoms with Gasteiger partial charge in [-0.2, -0.15) is 0 Å². The SMILES string of the molecule is COc1ccc(-c2[nH]c(C)c(C(=O)Nc3ccccc3)c2-c2ccc(OC)cc2)cc1. The van der Waals surface area contributed by atoms with Crippen molar-refractivity contribution in [3.63, 3.8) is 0 Å². The molecule has 4 rings (SSSR count). The van der Waals surface area contributed by atoms with Gasteiger partial charge in [0.1, 0.15) is 11.5 Å². The molecule has 1 aromatic heterocycles. The molecule has 5 nitrogen and oxygen atoms in total. The van der Waals surface area contributed by atoms with E-state index in [-0.39, 0.29) is 5.91 Å². The monoisotopic (exact) mass is 412 g/mol. The van der Waals surface area contributed by atoms with E-state index in [1.165, 1.54) is 0 Å². The Balaban J connectivity index is 1.84. The number of aromatic nitrogens is 1. The molecule has 0 bridgehead atoms. The third-order valence-corrected chi connectivity index (χ3v) is 5.20. The molecule has 0 atom stereocenters. The van der Waals surface area contributed by atoms with Gasteiger partial charge in [0, 0.05) is 16.9 Å². The number of H-pyrrole nitrogens is 1. The maximum Gasteiger partial charge on any atom is 0.258 e. The summed E-state index contributed by atoms with van der Waals surface area (Å²) < 4.78 is 10.6. The number of benzene rings is 3. The highest BCUT2D eigenvalue weighted by molar-refractivity contribution is 6.12. The first-order valence-corrected chi connectivity index (χ1v) is 9.98. The van der Waals surface area contributed by atoms with Crippen molar-refractivity contribution in [2.75, 3.05) is 19.5 Å². The second kappa shape index (κ2) is 8.79. The smallest absolute Gasteiger partial charge is 0.258 e. The van der Waals surface area contributed by atoms with Gasteiger partial charge in [0.2, 0.25) is 0 Å². The summed E-state index contributed by atoms with van der Waals surface area (Å²) in [7, 11) is 3.28. The molecule has 5 heteroatoms. The Morgan fingerprint density at radius 3 is 1.87 bits per heavy atom. The van der Waals surface area contributed by atoms with E-state index >= 15 is 0 Å². The summed E-state index contributed by atoms with van der Waals surface area (Å²) in [5.74, 6) is 1.38. The number of aromatic amines is 1. The number of nitrogens with one attached hydrogen (secondary N) is 2. The molecule has 3 aromatic carbocycles. The van der Waals surface area contributed by atoms with Crippen molar-refractivity contribution in [1.29, 1.82) is 0 Å². The minimum absolute atomic E-state index is 0.162. The van der Waals surface area contributed by atoms with Crippen LogP contribution in [0.2, 0.25) is 0 Å². The number of ether oxygens (including phenoxy) is 2. The van der Waals surface area contributed by atoms with Crippen LogP contribution in [0.5, 0.6) is 11.5 Å². The Hall–Kier alpha value is -3.99. The number of hydrogen-bond donors (Lipinski definition) is 2. The van der Waals surface area contributed by atoms with E-state index in [4.69, 9.17) is 9.47 Å². The number of amides is 1. The van der Waals surface area contributed by atoms with Crippen LogP contribution in [0.3, 0.4) is 0 Å². The van der Waals surface area contributed by atoms with Crippen LogP contribution < -0.4 is 14.8 Å². The van der Waals surface area contributed by atoms with Crippen molar-refractivity contribution in [2.24, 2.45) is 0 Å². The molecule has 0 saturated heterocycles. The van der Waals surface area contributed by atoms with Crippen LogP contribution in [-0.2, 0) is 0 Å². The number of carbonyl (C=O) groups is 1. The lowest BCUT2D eigenvalue weighted by atomic mass is 9.96. The minimum Gasteiger partial charge on any atom is -0.497 e. The number of anilines is 1. The van der Waals surface area contributed by atoms with E-state index in [9.17, 15) is 4.79 Å². The zero-order valence-corrected chi connectivity index (χ0v) is 17.7. The van der Waals surface area contributed by atoms with E-state index in [0.29, 0.717) is 5.56 Å². The highest BCUT2D eigenvalue weighted by Gasteiger charge is 2.23. The Bertz CT molecular complexity index is 1180. The highest BCUT2D eigenvalue weighted by atomic mass is 16.5. The Labute approximate surface area is 181 Å². The van der Waals surface area contributed by atoms with Crippen LogP contribution in [0, 0.1) is 6.92 Å². The van der Waals surface area contributed by atoms with Crippen molar-refractivity contribution in [3.8, 4) is 33.9 Å². The number of rotatable bonds is 6. The molecule has 1 heterocycles. The molecule has 0 aliphatic carbocycles. The van der Waals surface area contributed by atoms with Crippen LogP contribution in [0.4, 0.5) is 5.69 Å². The third-order valence-electron chi connectivity index (χ3n) is 5.20. The van der Waals surface area contributed by atoms with E-state index in [0.717, 1.165) is 45.3 Å². The van der Waals surface area contributed by atoms with E-state index in [2.05, 4.69) is 10.3 Å². The first-order chi connectivity index (χ1) is 15.1. The molecule has 0 fully saturated rings. The first-order valence-electron chi connectivity index (χ1n) is 9.98. The molecule has 0 aliphatic heterocycles. The number of para-hydroxylation sites is 1. The summed E-state index contributed by atoms with van der Waals surface area (Å²) >= 11 is 0. The zero-order valence-electron chi connectivity index (χ0n) is 17.7. The van der Waals surface area contributed by atoms with Crippen molar-refractivity contribution >= 4 is 11.6 Å². The van der Waals surface area contributed by atoms with Gasteiger partial charge in [-0.15, -0.1) is 0 Å². The summed E-state index contributed by atoms with van der Waals surface area (Å²) in [6.45, 7) is 1.92. The molecular formula is C26H24N2O3. The lowest BCUT2D eigenvalue weighted by Gasteiger charge is -2.11. The summed E-state index contributed by atoms with van der Waals surface area (Å²) in [6.07, 6.45) is 0.